The van der Waals surface area contributed by atoms with E-state index in [1.165, 1.54) is 0 Å². The Bertz CT molecular complexity index is 962. The smallest absolute Gasteiger partial charge is 0.238 e. The first-order valence-electron chi connectivity index (χ1n) is 9.13. The van der Waals surface area contributed by atoms with Crippen molar-refractivity contribution in [1.29, 1.82) is 0 Å². The highest BCUT2D eigenvalue weighted by Gasteiger charge is 2.21. The summed E-state index contributed by atoms with van der Waals surface area (Å²) in [6.45, 7) is 7.87. The molecule has 1 aromatic carbocycles. The van der Waals surface area contributed by atoms with E-state index in [0.29, 0.717) is 6.54 Å². The van der Waals surface area contributed by atoms with Gasteiger partial charge in [-0.1, -0.05) is 12.1 Å². The maximum Gasteiger partial charge on any atom is 0.238 e. The fourth-order valence-corrected chi connectivity index (χ4v) is 4.14. The Morgan fingerprint density at radius 2 is 1.96 bits per heavy atom. The molecule has 140 valence electrons. The van der Waals surface area contributed by atoms with E-state index < -0.39 is 0 Å². The number of carbonyl (C=O) groups is 1. The lowest BCUT2D eigenvalue weighted by atomic mass is 10.1. The number of nitrogens with one attached hydrogen (secondary N) is 1. The van der Waals surface area contributed by atoms with Crippen LogP contribution in [0.5, 0.6) is 0 Å². The molecule has 0 aliphatic carbocycles. The van der Waals surface area contributed by atoms with E-state index >= 15 is 0 Å². The van der Waals surface area contributed by atoms with Crippen LogP contribution in [0.25, 0.3) is 10.2 Å². The molecule has 1 aliphatic heterocycles. The van der Waals surface area contributed by atoms with Crippen LogP contribution in [0.15, 0.2) is 36.0 Å². The third-order valence-electron chi connectivity index (χ3n) is 4.95. The highest BCUT2D eigenvalue weighted by Crippen LogP contribution is 2.27. The highest BCUT2D eigenvalue weighted by molar-refractivity contribution is 7.16. The molecule has 4 rings (SSSR count). The number of thiophene rings is 1. The van der Waals surface area contributed by atoms with Crippen LogP contribution in [0, 0.1) is 13.8 Å². The van der Waals surface area contributed by atoms with Crippen molar-refractivity contribution in [3.8, 4) is 0 Å². The van der Waals surface area contributed by atoms with Crippen molar-refractivity contribution in [3.63, 3.8) is 0 Å². The van der Waals surface area contributed by atoms with E-state index in [0.717, 1.165) is 59.0 Å². The molecule has 2 aromatic heterocycles. The Morgan fingerprint density at radius 1 is 1.15 bits per heavy atom. The van der Waals surface area contributed by atoms with E-state index in [4.69, 9.17) is 0 Å². The number of amides is 1. The molecule has 1 fully saturated rings. The van der Waals surface area contributed by atoms with Crippen LogP contribution >= 0.6 is 11.3 Å². The Labute approximate surface area is 162 Å². The summed E-state index contributed by atoms with van der Waals surface area (Å²) in [5.74, 6) is 1.04. The van der Waals surface area contributed by atoms with Crippen molar-refractivity contribution in [2.24, 2.45) is 0 Å². The summed E-state index contributed by atoms with van der Waals surface area (Å²) in [4.78, 5) is 26.8. The fourth-order valence-electron chi connectivity index (χ4n) is 3.41. The van der Waals surface area contributed by atoms with E-state index in [1.54, 1.807) is 17.7 Å². The minimum Gasteiger partial charge on any atom is -0.353 e. The Balaban J connectivity index is 1.35. The van der Waals surface area contributed by atoms with Gasteiger partial charge in [0.15, 0.2) is 0 Å². The van der Waals surface area contributed by atoms with Gasteiger partial charge in [-0.05, 0) is 42.5 Å². The lowest BCUT2D eigenvalue weighted by Gasteiger charge is -2.35. The predicted octanol–water partition coefficient (Wildman–Crippen LogP) is 3.07. The molecule has 7 heteroatoms. The minimum absolute atomic E-state index is 0.0411. The number of fused-ring (bicyclic) bond motifs is 1. The molecule has 3 heterocycles. The summed E-state index contributed by atoms with van der Waals surface area (Å²) >= 11 is 1.64. The Kier molecular flexibility index (Phi) is 5.05. The molecular formula is C20H23N5OS. The van der Waals surface area contributed by atoms with Crippen LogP contribution in [0.2, 0.25) is 0 Å². The number of hydrogen-bond acceptors (Lipinski definition) is 6. The maximum absolute atomic E-state index is 12.5. The normalized spacial score (nSPS) is 15.3. The standard InChI is InChI=1S/C20H23N5OS/c1-14-3-4-15(2)17(11-14)23-18(26)12-24-6-8-25(9-7-24)19-16-5-10-27-20(16)22-13-21-19/h3-5,10-11,13H,6-9,12H2,1-2H3,(H,23,26). The molecule has 3 aromatic rings. The van der Waals surface area contributed by atoms with Gasteiger partial charge in [-0.3, -0.25) is 9.69 Å². The van der Waals surface area contributed by atoms with E-state index in [9.17, 15) is 4.79 Å². The van der Waals surface area contributed by atoms with E-state index in [2.05, 4.69) is 42.6 Å². The fraction of sp³-hybridized carbons (Fsp3) is 0.350. The van der Waals surface area contributed by atoms with Crippen LogP contribution < -0.4 is 10.2 Å². The number of benzene rings is 1. The topological polar surface area (TPSA) is 61.4 Å². The van der Waals surface area contributed by atoms with Gasteiger partial charge < -0.3 is 10.2 Å². The number of carbonyl (C=O) groups excluding carboxylic acids is 1. The summed E-state index contributed by atoms with van der Waals surface area (Å²) in [7, 11) is 0. The third kappa shape index (κ3) is 3.94. The summed E-state index contributed by atoms with van der Waals surface area (Å²) < 4.78 is 0. The second-order valence-corrected chi connectivity index (χ2v) is 7.86. The van der Waals surface area contributed by atoms with Gasteiger partial charge in [-0.25, -0.2) is 9.97 Å². The molecule has 0 bridgehead atoms. The molecule has 27 heavy (non-hydrogen) atoms. The first kappa shape index (κ1) is 17.9. The van der Waals surface area contributed by atoms with E-state index in [1.807, 2.05) is 26.0 Å². The third-order valence-corrected chi connectivity index (χ3v) is 5.77. The lowest BCUT2D eigenvalue weighted by Crippen LogP contribution is -2.49. The second-order valence-electron chi connectivity index (χ2n) is 6.97. The van der Waals surface area contributed by atoms with Crippen LogP contribution in [-0.2, 0) is 4.79 Å². The number of nitrogens with zero attached hydrogens (tertiary/aromatic N) is 4. The van der Waals surface area contributed by atoms with Gasteiger partial charge in [-0.2, -0.15) is 0 Å². The summed E-state index contributed by atoms with van der Waals surface area (Å²) in [6, 6.07) is 8.20. The Hall–Kier alpha value is -2.51. The van der Waals surface area contributed by atoms with Gasteiger partial charge >= 0.3 is 0 Å². The molecule has 1 N–H and O–H groups in total. The lowest BCUT2D eigenvalue weighted by molar-refractivity contribution is -0.117. The maximum atomic E-state index is 12.5. The zero-order valence-corrected chi connectivity index (χ0v) is 16.4. The van der Waals surface area contributed by atoms with Crippen molar-refractivity contribution < 1.29 is 4.79 Å². The number of aromatic nitrogens is 2. The highest BCUT2D eigenvalue weighted by atomic mass is 32.1. The minimum atomic E-state index is 0.0411. The second kappa shape index (κ2) is 7.62. The average Bonchev–Trinajstić information content (AvgIpc) is 3.14. The van der Waals surface area contributed by atoms with Crippen LogP contribution in [0.4, 0.5) is 11.5 Å². The largest absolute Gasteiger partial charge is 0.353 e. The first-order valence-corrected chi connectivity index (χ1v) is 10.0. The van der Waals surface area contributed by atoms with Gasteiger partial charge in [0.1, 0.15) is 17.0 Å². The van der Waals surface area contributed by atoms with Crippen molar-refractivity contribution in [3.05, 3.63) is 47.1 Å². The van der Waals surface area contributed by atoms with Crippen molar-refractivity contribution in [2.45, 2.75) is 13.8 Å². The van der Waals surface area contributed by atoms with Gasteiger partial charge in [-0.15, -0.1) is 11.3 Å². The summed E-state index contributed by atoms with van der Waals surface area (Å²) in [5, 5.41) is 6.22. The molecule has 1 amide bonds. The molecule has 0 saturated carbocycles. The molecule has 0 unspecified atom stereocenters. The van der Waals surface area contributed by atoms with Crippen molar-refractivity contribution >= 4 is 39.0 Å². The summed E-state index contributed by atoms with van der Waals surface area (Å²) in [6.07, 6.45) is 1.64. The summed E-state index contributed by atoms with van der Waals surface area (Å²) in [5.41, 5.74) is 3.14. The monoisotopic (exact) mass is 381 g/mol. The van der Waals surface area contributed by atoms with Crippen molar-refractivity contribution in [2.75, 3.05) is 42.9 Å². The van der Waals surface area contributed by atoms with Crippen LogP contribution in [0.3, 0.4) is 0 Å². The molecule has 0 spiro atoms. The van der Waals surface area contributed by atoms with Gasteiger partial charge in [0.25, 0.3) is 0 Å². The predicted molar refractivity (Wildman–Crippen MR) is 111 cm³/mol. The van der Waals surface area contributed by atoms with Crippen LogP contribution in [-0.4, -0.2) is 53.5 Å². The zero-order valence-electron chi connectivity index (χ0n) is 15.6. The number of aryl methyl sites for hydroxylation is 2. The molecule has 0 radical (unpaired) electrons. The number of rotatable bonds is 4. The molecule has 0 atom stereocenters. The molecule has 1 saturated heterocycles. The number of anilines is 2. The molecular weight excluding hydrogens is 358 g/mol. The van der Waals surface area contributed by atoms with Gasteiger partial charge in [0, 0.05) is 31.9 Å². The van der Waals surface area contributed by atoms with E-state index in [-0.39, 0.29) is 5.91 Å². The van der Waals surface area contributed by atoms with Crippen molar-refractivity contribution in [1.82, 2.24) is 14.9 Å². The zero-order chi connectivity index (χ0) is 18.8. The first-order chi connectivity index (χ1) is 13.1. The molecule has 1 aliphatic rings. The average molecular weight is 382 g/mol. The van der Waals surface area contributed by atoms with Gasteiger partial charge in [0.05, 0.1) is 11.9 Å². The Morgan fingerprint density at radius 3 is 2.78 bits per heavy atom. The quantitative estimate of drug-likeness (QED) is 0.753. The SMILES string of the molecule is Cc1ccc(C)c(NC(=O)CN2CCN(c3ncnc4sccc34)CC2)c1. The van der Waals surface area contributed by atoms with Gasteiger partial charge in [0.2, 0.25) is 5.91 Å². The number of piperazine rings is 1. The number of hydrogen-bond donors (Lipinski definition) is 1. The molecule has 6 nitrogen and oxygen atoms in total. The van der Waals surface area contributed by atoms with Crippen LogP contribution in [0.1, 0.15) is 11.1 Å².